The topological polar surface area (TPSA) is 99.8 Å². The van der Waals surface area contributed by atoms with Crippen molar-refractivity contribution in [1.82, 2.24) is 25.8 Å². The molecule has 0 aliphatic rings. The number of aromatic amines is 1. The maximum atomic E-state index is 12.4. The van der Waals surface area contributed by atoms with Crippen LogP contribution in [-0.4, -0.2) is 26.8 Å². The van der Waals surface area contributed by atoms with Gasteiger partial charge < -0.3 is 4.98 Å². The molecule has 5 rings (SSSR count). The summed E-state index contributed by atoms with van der Waals surface area (Å²) in [5, 5.41) is 2.23. The fourth-order valence-corrected chi connectivity index (χ4v) is 4.24. The molecule has 0 aliphatic carbocycles. The van der Waals surface area contributed by atoms with Crippen LogP contribution < -0.4 is 10.9 Å². The summed E-state index contributed by atoms with van der Waals surface area (Å²) in [6.07, 6.45) is 4.65. The highest BCUT2D eigenvalue weighted by Crippen LogP contribution is 2.32. The Morgan fingerprint density at radius 1 is 0.943 bits per heavy atom. The number of nitrogens with one attached hydrogen (secondary N) is 3. The van der Waals surface area contributed by atoms with Gasteiger partial charge in [0.15, 0.2) is 0 Å². The number of hydrazine groups is 1. The molecule has 0 bridgehead atoms. The van der Waals surface area contributed by atoms with Gasteiger partial charge in [-0.2, -0.15) is 0 Å². The lowest BCUT2D eigenvalue weighted by Gasteiger charge is -2.08. The molecule has 7 nitrogen and oxygen atoms in total. The molecule has 5 aromatic rings. The van der Waals surface area contributed by atoms with Gasteiger partial charge in [0, 0.05) is 40.7 Å². The van der Waals surface area contributed by atoms with Crippen molar-refractivity contribution in [3.63, 3.8) is 0 Å². The summed E-state index contributed by atoms with van der Waals surface area (Å²) < 4.78 is 0. The van der Waals surface area contributed by atoms with Gasteiger partial charge in [-0.15, -0.1) is 0 Å². The molecule has 2 amide bonds. The van der Waals surface area contributed by atoms with Crippen LogP contribution in [0.25, 0.3) is 33.2 Å². The van der Waals surface area contributed by atoms with Crippen LogP contribution in [0, 0.1) is 6.92 Å². The third-order valence-corrected chi connectivity index (χ3v) is 6.00. The Labute approximate surface area is 202 Å². The second-order valence-electron chi connectivity index (χ2n) is 8.51. The van der Waals surface area contributed by atoms with E-state index in [-0.39, 0.29) is 18.2 Å². The number of H-pyrrole nitrogens is 1. The van der Waals surface area contributed by atoms with Crippen molar-refractivity contribution in [1.29, 1.82) is 0 Å². The largest absolute Gasteiger partial charge is 0.353 e. The number of carbonyl (C=O) groups is 2. The molecule has 0 unspecified atom stereocenters. The fourth-order valence-electron chi connectivity index (χ4n) is 4.24. The lowest BCUT2D eigenvalue weighted by molar-refractivity contribution is -0.121. The van der Waals surface area contributed by atoms with E-state index in [4.69, 9.17) is 4.98 Å². The van der Waals surface area contributed by atoms with Crippen molar-refractivity contribution in [2.24, 2.45) is 0 Å². The summed E-state index contributed by atoms with van der Waals surface area (Å²) in [6, 6.07) is 21.7. The summed E-state index contributed by atoms with van der Waals surface area (Å²) in [6.45, 7) is 2.07. The van der Waals surface area contributed by atoms with Crippen LogP contribution in [-0.2, 0) is 11.2 Å². The van der Waals surface area contributed by atoms with Gasteiger partial charge in [-0.25, -0.2) is 4.98 Å². The van der Waals surface area contributed by atoms with Gasteiger partial charge in [-0.05, 0) is 61.7 Å². The third kappa shape index (κ3) is 4.89. The standard InChI is InChI=1S/C28H25N5O2/c1-18-9-11-24-22(17-18)21(27(31-24)25-12-10-19-5-2-3-7-23(19)30-25)6-4-8-26(34)32-33-28(35)20-13-15-29-16-14-20/h2-3,5,7,9-17,31H,4,6,8H2,1H3,(H,32,34)(H,33,35). The van der Waals surface area contributed by atoms with Crippen LogP contribution >= 0.6 is 0 Å². The van der Waals surface area contributed by atoms with Crippen LogP contribution in [0.3, 0.4) is 0 Å². The number of hydrogen-bond donors (Lipinski definition) is 3. The number of fused-ring (bicyclic) bond motifs is 2. The zero-order valence-corrected chi connectivity index (χ0v) is 19.3. The SMILES string of the molecule is Cc1ccc2[nH]c(-c3ccc4ccccc4n3)c(CCCC(=O)NNC(=O)c3ccncc3)c2c1. The molecule has 7 heteroatoms. The number of hydrogen-bond acceptors (Lipinski definition) is 4. The minimum atomic E-state index is -0.377. The van der Waals surface area contributed by atoms with Gasteiger partial charge in [-0.1, -0.05) is 35.9 Å². The Kier molecular flexibility index (Phi) is 6.22. The van der Waals surface area contributed by atoms with Crippen molar-refractivity contribution in [2.45, 2.75) is 26.2 Å². The Bertz CT molecular complexity index is 1530. The van der Waals surface area contributed by atoms with Crippen molar-refractivity contribution >= 4 is 33.6 Å². The second-order valence-corrected chi connectivity index (χ2v) is 8.51. The smallest absolute Gasteiger partial charge is 0.269 e. The highest BCUT2D eigenvalue weighted by Gasteiger charge is 2.16. The van der Waals surface area contributed by atoms with Gasteiger partial charge in [-0.3, -0.25) is 25.4 Å². The zero-order valence-electron chi connectivity index (χ0n) is 19.3. The fraction of sp³-hybridized carbons (Fsp3) is 0.143. The summed E-state index contributed by atoms with van der Waals surface area (Å²) >= 11 is 0. The summed E-state index contributed by atoms with van der Waals surface area (Å²) in [4.78, 5) is 36.8. The molecular weight excluding hydrogens is 438 g/mol. The molecular formula is C28H25N5O2. The molecule has 3 N–H and O–H groups in total. The number of amides is 2. The van der Waals surface area contributed by atoms with Crippen molar-refractivity contribution in [2.75, 3.05) is 0 Å². The second kappa shape index (κ2) is 9.77. The lowest BCUT2D eigenvalue weighted by Crippen LogP contribution is -2.41. The number of para-hydroxylation sites is 1. The summed E-state index contributed by atoms with van der Waals surface area (Å²) in [5.41, 5.74) is 11.5. The number of pyridine rings is 2. The van der Waals surface area contributed by atoms with E-state index in [0.29, 0.717) is 18.4 Å². The molecule has 0 saturated heterocycles. The summed E-state index contributed by atoms with van der Waals surface area (Å²) in [5.74, 6) is -0.619. The van der Waals surface area contributed by atoms with Gasteiger partial charge in [0.1, 0.15) is 0 Å². The van der Waals surface area contributed by atoms with Gasteiger partial charge in [0.2, 0.25) is 5.91 Å². The van der Waals surface area contributed by atoms with E-state index in [1.165, 1.54) is 18.0 Å². The normalized spacial score (nSPS) is 11.0. The Morgan fingerprint density at radius 3 is 2.63 bits per heavy atom. The average molecular weight is 464 g/mol. The van der Waals surface area contributed by atoms with E-state index in [9.17, 15) is 9.59 Å². The molecule has 2 aromatic carbocycles. The van der Waals surface area contributed by atoms with Crippen molar-refractivity contribution in [3.05, 3.63) is 95.8 Å². The maximum Gasteiger partial charge on any atom is 0.269 e. The van der Waals surface area contributed by atoms with E-state index in [1.807, 2.05) is 30.3 Å². The van der Waals surface area contributed by atoms with Gasteiger partial charge in [0.25, 0.3) is 5.91 Å². The van der Waals surface area contributed by atoms with Crippen LogP contribution in [0.4, 0.5) is 0 Å². The highest BCUT2D eigenvalue weighted by atomic mass is 16.2. The van der Waals surface area contributed by atoms with E-state index in [2.05, 4.69) is 52.0 Å². The molecule has 35 heavy (non-hydrogen) atoms. The Hall–Kier alpha value is -4.52. The third-order valence-electron chi connectivity index (χ3n) is 6.00. The number of aryl methyl sites for hydroxylation is 2. The first kappa shape index (κ1) is 22.3. The quantitative estimate of drug-likeness (QED) is 0.313. The number of rotatable bonds is 6. The minimum Gasteiger partial charge on any atom is -0.353 e. The van der Waals surface area contributed by atoms with Crippen LogP contribution in [0.1, 0.15) is 34.3 Å². The first-order valence-corrected chi connectivity index (χ1v) is 11.5. The predicted octanol–water partition coefficient (Wildman–Crippen LogP) is 4.87. The van der Waals surface area contributed by atoms with E-state index < -0.39 is 0 Å². The highest BCUT2D eigenvalue weighted by molar-refractivity contribution is 5.95. The number of carbonyl (C=O) groups excluding carboxylic acids is 2. The Morgan fingerprint density at radius 2 is 1.77 bits per heavy atom. The first-order chi connectivity index (χ1) is 17.1. The molecule has 0 saturated carbocycles. The van der Waals surface area contributed by atoms with E-state index in [0.717, 1.165) is 38.8 Å². The van der Waals surface area contributed by atoms with Crippen molar-refractivity contribution in [3.8, 4) is 11.4 Å². The van der Waals surface area contributed by atoms with E-state index >= 15 is 0 Å². The van der Waals surface area contributed by atoms with Crippen molar-refractivity contribution < 1.29 is 9.59 Å². The molecule has 0 atom stereocenters. The van der Waals surface area contributed by atoms with E-state index in [1.54, 1.807) is 12.1 Å². The maximum absolute atomic E-state index is 12.4. The van der Waals surface area contributed by atoms with Crippen LogP contribution in [0.2, 0.25) is 0 Å². The predicted molar refractivity (Wildman–Crippen MR) is 137 cm³/mol. The molecule has 3 aromatic heterocycles. The molecule has 3 heterocycles. The monoisotopic (exact) mass is 463 g/mol. The molecule has 174 valence electrons. The van der Waals surface area contributed by atoms with Gasteiger partial charge in [0.05, 0.1) is 16.9 Å². The molecule has 0 aliphatic heterocycles. The molecule has 0 radical (unpaired) electrons. The number of benzene rings is 2. The van der Waals surface area contributed by atoms with Crippen LogP contribution in [0.5, 0.6) is 0 Å². The minimum absolute atomic E-state index is 0.242. The number of aromatic nitrogens is 3. The summed E-state index contributed by atoms with van der Waals surface area (Å²) in [7, 11) is 0. The molecule has 0 fully saturated rings. The van der Waals surface area contributed by atoms with Crippen LogP contribution in [0.15, 0.2) is 79.1 Å². The zero-order chi connectivity index (χ0) is 24.2. The first-order valence-electron chi connectivity index (χ1n) is 11.5. The molecule has 0 spiro atoms. The Balaban J connectivity index is 1.32. The lowest BCUT2D eigenvalue weighted by atomic mass is 10.0. The number of nitrogens with zero attached hydrogens (tertiary/aromatic N) is 2. The average Bonchev–Trinajstić information content (AvgIpc) is 3.25. The van der Waals surface area contributed by atoms with Gasteiger partial charge >= 0.3 is 0 Å².